The van der Waals surface area contributed by atoms with Crippen LogP contribution in [-0.4, -0.2) is 55.1 Å². The normalized spacial score (nSPS) is 24.0. The minimum absolute atomic E-state index is 0.262. The fourth-order valence-electron chi connectivity index (χ4n) is 5.62. The Hall–Kier alpha value is -1.69. The molecule has 2 fully saturated rings. The maximum atomic E-state index is 12.9. The number of carbonyl (C=O) groups is 1. The third kappa shape index (κ3) is 3.88. The van der Waals surface area contributed by atoms with Gasteiger partial charge in [-0.25, -0.2) is 0 Å². The first-order valence-electron chi connectivity index (χ1n) is 10.9. The third-order valence-electron chi connectivity index (χ3n) is 7.19. The van der Waals surface area contributed by atoms with Crippen LogP contribution in [0, 0.1) is 0 Å². The number of thiophene rings is 1. The van der Waals surface area contributed by atoms with Gasteiger partial charge in [-0.2, -0.15) is 11.3 Å². The van der Waals surface area contributed by atoms with Gasteiger partial charge in [0.15, 0.2) is 0 Å². The largest absolute Gasteiger partial charge is 0.378 e. The molecule has 1 amide bonds. The number of hydrogen-bond donors (Lipinski definition) is 0. The van der Waals surface area contributed by atoms with E-state index in [0.29, 0.717) is 31.5 Å². The van der Waals surface area contributed by atoms with Crippen LogP contribution < -0.4 is 0 Å². The number of likely N-dealkylation sites (tertiary alicyclic amines) is 1. The Balaban J connectivity index is 1.28. The zero-order valence-corrected chi connectivity index (χ0v) is 17.8. The molecular formula is C24H30N2O2S. The Labute approximate surface area is 177 Å². The van der Waals surface area contributed by atoms with Crippen molar-refractivity contribution in [2.24, 2.45) is 0 Å². The Morgan fingerprint density at radius 3 is 2.66 bits per heavy atom. The second-order valence-corrected chi connectivity index (χ2v) is 9.65. The summed E-state index contributed by atoms with van der Waals surface area (Å²) in [6, 6.07) is 11.2. The van der Waals surface area contributed by atoms with Crippen molar-refractivity contribution in [1.82, 2.24) is 9.80 Å². The molecule has 2 aliphatic heterocycles. The molecule has 2 aromatic rings. The van der Waals surface area contributed by atoms with Crippen molar-refractivity contribution in [2.75, 3.05) is 39.4 Å². The van der Waals surface area contributed by atoms with E-state index in [1.807, 2.05) is 4.90 Å². The summed E-state index contributed by atoms with van der Waals surface area (Å²) in [4.78, 5) is 17.5. The lowest BCUT2D eigenvalue weighted by molar-refractivity contribution is -0.135. The van der Waals surface area contributed by atoms with Crippen molar-refractivity contribution in [1.29, 1.82) is 0 Å². The first-order chi connectivity index (χ1) is 14.2. The van der Waals surface area contributed by atoms with E-state index in [0.717, 1.165) is 39.1 Å². The predicted octanol–water partition coefficient (Wildman–Crippen LogP) is 4.02. The Morgan fingerprint density at radius 1 is 1.10 bits per heavy atom. The van der Waals surface area contributed by atoms with E-state index in [1.165, 1.54) is 29.5 Å². The van der Waals surface area contributed by atoms with Gasteiger partial charge in [-0.1, -0.05) is 24.3 Å². The quantitative estimate of drug-likeness (QED) is 0.763. The highest BCUT2D eigenvalue weighted by Gasteiger charge is 2.45. The van der Waals surface area contributed by atoms with Crippen LogP contribution in [0.1, 0.15) is 48.3 Å². The molecule has 3 aliphatic rings. The summed E-state index contributed by atoms with van der Waals surface area (Å²) >= 11 is 1.78. The zero-order chi connectivity index (χ0) is 19.7. The average molecular weight is 411 g/mol. The molecule has 5 heteroatoms. The smallest absolute Gasteiger partial charge is 0.223 e. The molecule has 1 spiro atoms. The maximum Gasteiger partial charge on any atom is 0.223 e. The van der Waals surface area contributed by atoms with Crippen LogP contribution in [0.15, 0.2) is 41.1 Å². The number of hydrogen-bond acceptors (Lipinski definition) is 4. The van der Waals surface area contributed by atoms with Crippen LogP contribution in [0.25, 0.3) is 0 Å². The van der Waals surface area contributed by atoms with Crippen LogP contribution in [0.4, 0.5) is 0 Å². The molecule has 154 valence electrons. The minimum Gasteiger partial charge on any atom is -0.378 e. The standard InChI is InChI=1S/C24H30N2O2S/c27-23(26-10-12-28-13-11-26)15-20-16-24(22-4-2-1-3-21(20)22)6-8-25(9-7-24)17-19-5-14-29-18-19/h1-5,14,18,20H,6-13,15-17H2. The topological polar surface area (TPSA) is 32.8 Å². The van der Waals surface area contributed by atoms with Gasteiger partial charge in [0, 0.05) is 26.1 Å². The summed E-state index contributed by atoms with van der Waals surface area (Å²) in [5.41, 5.74) is 4.65. The van der Waals surface area contributed by atoms with Crippen LogP contribution in [-0.2, 0) is 21.5 Å². The SMILES string of the molecule is O=C(CC1CC2(CCN(Cc3ccsc3)CC2)c2ccccc21)N1CCOCC1. The number of carbonyl (C=O) groups excluding carboxylic acids is 1. The average Bonchev–Trinajstić information content (AvgIpc) is 3.38. The number of piperidine rings is 1. The summed E-state index contributed by atoms with van der Waals surface area (Å²) in [7, 11) is 0. The Bertz CT molecular complexity index is 836. The number of morpholine rings is 1. The van der Waals surface area contributed by atoms with Crippen LogP contribution in [0.5, 0.6) is 0 Å². The molecule has 1 aromatic heterocycles. The predicted molar refractivity (Wildman–Crippen MR) is 116 cm³/mol. The molecule has 1 unspecified atom stereocenters. The lowest BCUT2D eigenvalue weighted by Crippen LogP contribution is -2.42. The van der Waals surface area contributed by atoms with Crippen LogP contribution in [0.3, 0.4) is 0 Å². The summed E-state index contributed by atoms with van der Waals surface area (Å²) in [6.45, 7) is 6.21. The molecule has 1 aliphatic carbocycles. The number of benzene rings is 1. The number of nitrogens with zero attached hydrogens (tertiary/aromatic N) is 2. The molecule has 4 nitrogen and oxygen atoms in total. The van der Waals surface area contributed by atoms with Crippen LogP contribution >= 0.6 is 11.3 Å². The number of rotatable bonds is 4. The fraction of sp³-hybridized carbons (Fsp3) is 0.542. The number of ether oxygens (including phenoxy) is 1. The minimum atomic E-state index is 0.262. The Morgan fingerprint density at radius 2 is 1.90 bits per heavy atom. The van der Waals surface area contributed by atoms with E-state index in [-0.39, 0.29) is 5.41 Å². The van der Waals surface area contributed by atoms with Gasteiger partial charge in [-0.05, 0) is 77.2 Å². The highest BCUT2D eigenvalue weighted by atomic mass is 32.1. The summed E-state index contributed by atoms with van der Waals surface area (Å²) in [5.74, 6) is 0.671. The van der Waals surface area contributed by atoms with Gasteiger partial charge < -0.3 is 9.64 Å². The molecule has 0 radical (unpaired) electrons. The first-order valence-corrected chi connectivity index (χ1v) is 11.9. The zero-order valence-electron chi connectivity index (χ0n) is 17.0. The van der Waals surface area contributed by atoms with Crippen molar-refractivity contribution in [3.8, 4) is 0 Å². The van der Waals surface area contributed by atoms with E-state index < -0.39 is 0 Å². The van der Waals surface area contributed by atoms with Crippen molar-refractivity contribution in [2.45, 2.75) is 43.6 Å². The molecule has 1 atom stereocenters. The fourth-order valence-corrected chi connectivity index (χ4v) is 6.28. The van der Waals surface area contributed by atoms with Crippen molar-refractivity contribution < 1.29 is 9.53 Å². The van der Waals surface area contributed by atoms with E-state index in [4.69, 9.17) is 4.74 Å². The summed E-state index contributed by atoms with van der Waals surface area (Å²) < 4.78 is 5.42. The molecule has 29 heavy (non-hydrogen) atoms. The van der Waals surface area contributed by atoms with Gasteiger partial charge in [0.2, 0.25) is 5.91 Å². The van der Waals surface area contributed by atoms with Crippen molar-refractivity contribution in [3.05, 3.63) is 57.8 Å². The van der Waals surface area contributed by atoms with E-state index in [2.05, 4.69) is 46.0 Å². The first kappa shape index (κ1) is 19.3. The van der Waals surface area contributed by atoms with E-state index in [1.54, 1.807) is 11.3 Å². The molecule has 5 rings (SSSR count). The lowest BCUT2D eigenvalue weighted by Gasteiger charge is -2.40. The third-order valence-corrected chi connectivity index (χ3v) is 7.93. The second-order valence-electron chi connectivity index (χ2n) is 8.87. The molecule has 1 aromatic carbocycles. The molecule has 2 saturated heterocycles. The Kier molecular flexibility index (Phi) is 5.46. The van der Waals surface area contributed by atoms with Gasteiger partial charge in [0.05, 0.1) is 13.2 Å². The summed E-state index contributed by atoms with van der Waals surface area (Å²) in [5, 5.41) is 4.44. The maximum absolute atomic E-state index is 12.9. The number of amides is 1. The van der Waals surface area contributed by atoms with Crippen molar-refractivity contribution in [3.63, 3.8) is 0 Å². The van der Waals surface area contributed by atoms with Gasteiger partial charge >= 0.3 is 0 Å². The van der Waals surface area contributed by atoms with E-state index >= 15 is 0 Å². The molecule has 3 heterocycles. The summed E-state index contributed by atoms with van der Waals surface area (Å²) in [6.07, 6.45) is 4.19. The highest BCUT2D eigenvalue weighted by Crippen LogP contribution is 2.52. The van der Waals surface area contributed by atoms with Crippen molar-refractivity contribution >= 4 is 17.2 Å². The second kappa shape index (κ2) is 8.21. The van der Waals surface area contributed by atoms with Crippen LogP contribution in [0.2, 0.25) is 0 Å². The van der Waals surface area contributed by atoms with Gasteiger partial charge in [0.1, 0.15) is 0 Å². The molecule has 0 bridgehead atoms. The molecule has 0 N–H and O–H groups in total. The van der Waals surface area contributed by atoms with E-state index in [9.17, 15) is 4.79 Å². The monoisotopic (exact) mass is 410 g/mol. The lowest BCUT2D eigenvalue weighted by atomic mass is 9.73. The van der Waals surface area contributed by atoms with Gasteiger partial charge in [-0.15, -0.1) is 0 Å². The highest BCUT2D eigenvalue weighted by molar-refractivity contribution is 7.07. The number of fused-ring (bicyclic) bond motifs is 2. The van der Waals surface area contributed by atoms with Gasteiger partial charge in [-0.3, -0.25) is 9.69 Å². The molecular weight excluding hydrogens is 380 g/mol. The van der Waals surface area contributed by atoms with Gasteiger partial charge in [0.25, 0.3) is 0 Å². The molecule has 0 saturated carbocycles.